The molecule has 1 aromatic heterocycles. The minimum absolute atomic E-state index is 0.0709. The van der Waals surface area contributed by atoms with Gasteiger partial charge in [0, 0.05) is 16.3 Å². The lowest BCUT2D eigenvalue weighted by Crippen LogP contribution is -2.35. The summed E-state index contributed by atoms with van der Waals surface area (Å²) in [6.07, 6.45) is 0. The van der Waals surface area contributed by atoms with Crippen molar-refractivity contribution in [1.82, 2.24) is 10.2 Å². The van der Waals surface area contributed by atoms with E-state index in [1.165, 1.54) is 15.6 Å². The molecule has 2 aromatic carbocycles. The van der Waals surface area contributed by atoms with Gasteiger partial charge in [-0.2, -0.15) is 0 Å². The largest absolute Gasteiger partial charge is 0.353 e. The second-order valence-corrected chi connectivity index (χ2v) is 8.12. The first kappa shape index (κ1) is 18.0. The van der Waals surface area contributed by atoms with Crippen LogP contribution in [0.4, 0.5) is 0 Å². The van der Waals surface area contributed by atoms with Crippen LogP contribution >= 0.6 is 23.1 Å². The van der Waals surface area contributed by atoms with Crippen molar-refractivity contribution >= 4 is 39.8 Å². The third kappa shape index (κ3) is 4.84. The average Bonchev–Trinajstić information content (AvgIpc) is 3.14. The van der Waals surface area contributed by atoms with Gasteiger partial charge in [-0.25, -0.2) is 0 Å². The first-order chi connectivity index (χ1) is 12.1. The Balaban J connectivity index is 1.53. The molecule has 0 bridgehead atoms. The fourth-order valence-electron chi connectivity index (χ4n) is 2.69. The van der Waals surface area contributed by atoms with Crippen LogP contribution in [0, 0.1) is 0 Å². The van der Waals surface area contributed by atoms with E-state index in [9.17, 15) is 4.79 Å². The zero-order chi connectivity index (χ0) is 17.6. The van der Waals surface area contributed by atoms with Crippen LogP contribution in [0.1, 0.15) is 10.9 Å². The molecular weight excluding hydrogens is 348 g/mol. The molecule has 0 spiro atoms. The molecule has 3 nitrogen and oxygen atoms in total. The number of hydrogen-bond donors (Lipinski definition) is 1. The predicted octanol–water partition coefficient (Wildman–Crippen LogP) is 4.41. The maximum Gasteiger partial charge on any atom is 0.230 e. The Labute approximate surface area is 157 Å². The first-order valence-electron chi connectivity index (χ1n) is 8.21. The van der Waals surface area contributed by atoms with Gasteiger partial charge in [0.15, 0.2) is 0 Å². The Morgan fingerprint density at radius 2 is 1.92 bits per heavy atom. The van der Waals surface area contributed by atoms with Crippen LogP contribution in [0.25, 0.3) is 10.8 Å². The maximum absolute atomic E-state index is 12.2. The van der Waals surface area contributed by atoms with Crippen molar-refractivity contribution in [2.24, 2.45) is 0 Å². The number of carbonyl (C=O) groups excluding carboxylic acids is 1. The van der Waals surface area contributed by atoms with Crippen molar-refractivity contribution in [3.8, 4) is 0 Å². The minimum atomic E-state index is 0.0709. The van der Waals surface area contributed by atoms with Crippen molar-refractivity contribution in [2.75, 3.05) is 26.4 Å². The van der Waals surface area contributed by atoms with E-state index in [1.54, 1.807) is 23.1 Å². The van der Waals surface area contributed by atoms with E-state index < -0.39 is 0 Å². The van der Waals surface area contributed by atoms with Crippen LogP contribution < -0.4 is 5.32 Å². The highest BCUT2D eigenvalue weighted by Gasteiger charge is 2.16. The molecular formula is C20H22N2OS2. The number of nitrogens with one attached hydrogen (secondary N) is 1. The highest BCUT2D eigenvalue weighted by atomic mass is 32.2. The van der Waals surface area contributed by atoms with Gasteiger partial charge < -0.3 is 10.2 Å². The van der Waals surface area contributed by atoms with Gasteiger partial charge in [-0.15, -0.1) is 23.1 Å². The van der Waals surface area contributed by atoms with E-state index in [2.05, 4.69) is 52.0 Å². The zero-order valence-corrected chi connectivity index (χ0v) is 16.1. The number of rotatable bonds is 7. The van der Waals surface area contributed by atoms with E-state index in [0.717, 1.165) is 4.90 Å². The number of benzene rings is 2. The molecule has 0 saturated carbocycles. The Kier molecular flexibility index (Phi) is 6.13. The van der Waals surface area contributed by atoms with Gasteiger partial charge in [-0.05, 0) is 48.4 Å². The van der Waals surface area contributed by atoms with Crippen LogP contribution in [-0.2, 0) is 4.79 Å². The smallest absolute Gasteiger partial charge is 0.230 e. The Morgan fingerprint density at radius 1 is 1.12 bits per heavy atom. The quantitative estimate of drug-likeness (QED) is 0.625. The van der Waals surface area contributed by atoms with Gasteiger partial charge >= 0.3 is 0 Å². The molecule has 130 valence electrons. The van der Waals surface area contributed by atoms with Crippen molar-refractivity contribution in [3.63, 3.8) is 0 Å². The summed E-state index contributed by atoms with van der Waals surface area (Å²) in [5.41, 5.74) is 0. The standard InChI is InChI=1S/C20H22N2OS2/c1-22(2)18(19-8-5-11-24-19)13-21-20(23)14-25-17-10-9-15-6-3-4-7-16(15)12-17/h3-12,18H,13-14H2,1-2H3,(H,21,23)/t18-/m0/s1. The summed E-state index contributed by atoms with van der Waals surface area (Å²) < 4.78 is 0. The van der Waals surface area contributed by atoms with Gasteiger partial charge in [0.2, 0.25) is 5.91 Å². The minimum Gasteiger partial charge on any atom is -0.353 e. The summed E-state index contributed by atoms with van der Waals surface area (Å²) in [6, 6.07) is 19.0. The lowest BCUT2D eigenvalue weighted by molar-refractivity contribution is -0.118. The van der Waals surface area contributed by atoms with Crippen molar-refractivity contribution in [3.05, 3.63) is 64.9 Å². The number of carbonyl (C=O) groups is 1. The van der Waals surface area contributed by atoms with E-state index >= 15 is 0 Å². The molecule has 0 aliphatic heterocycles. The first-order valence-corrected chi connectivity index (χ1v) is 10.1. The van der Waals surface area contributed by atoms with Crippen LogP contribution in [0.3, 0.4) is 0 Å². The molecule has 1 heterocycles. The van der Waals surface area contributed by atoms with Crippen molar-refractivity contribution in [2.45, 2.75) is 10.9 Å². The Bertz CT molecular complexity index is 831. The van der Waals surface area contributed by atoms with Crippen LogP contribution in [0.5, 0.6) is 0 Å². The SMILES string of the molecule is CN(C)[C@@H](CNC(=O)CSc1ccc2ccccc2c1)c1cccs1. The van der Waals surface area contributed by atoms with E-state index in [1.807, 2.05) is 32.3 Å². The average molecular weight is 371 g/mol. The topological polar surface area (TPSA) is 32.3 Å². The van der Waals surface area contributed by atoms with Gasteiger partial charge in [-0.3, -0.25) is 4.79 Å². The molecule has 1 N–H and O–H groups in total. The molecule has 0 aliphatic carbocycles. The fourth-order valence-corrected chi connectivity index (χ4v) is 4.38. The van der Waals surface area contributed by atoms with Gasteiger partial charge in [-0.1, -0.05) is 36.4 Å². The Hall–Kier alpha value is -1.82. The fraction of sp³-hybridized carbons (Fsp3) is 0.250. The second kappa shape index (κ2) is 8.52. The summed E-state index contributed by atoms with van der Waals surface area (Å²) in [6.45, 7) is 0.630. The van der Waals surface area contributed by atoms with E-state index in [0.29, 0.717) is 12.3 Å². The monoisotopic (exact) mass is 370 g/mol. The summed E-state index contributed by atoms with van der Waals surface area (Å²) in [7, 11) is 4.08. The third-order valence-corrected chi connectivity index (χ3v) is 6.05. The normalized spacial score (nSPS) is 12.4. The molecule has 0 radical (unpaired) electrons. The van der Waals surface area contributed by atoms with Gasteiger partial charge in [0.05, 0.1) is 11.8 Å². The summed E-state index contributed by atoms with van der Waals surface area (Å²) in [5, 5.41) is 7.57. The lowest BCUT2D eigenvalue weighted by atomic mass is 10.1. The van der Waals surface area contributed by atoms with Gasteiger partial charge in [0.25, 0.3) is 0 Å². The molecule has 3 rings (SSSR count). The molecule has 3 aromatic rings. The van der Waals surface area contributed by atoms with E-state index in [-0.39, 0.29) is 11.9 Å². The number of fused-ring (bicyclic) bond motifs is 1. The van der Waals surface area contributed by atoms with Crippen molar-refractivity contribution < 1.29 is 4.79 Å². The molecule has 1 atom stereocenters. The molecule has 0 unspecified atom stereocenters. The number of amides is 1. The molecule has 0 saturated heterocycles. The maximum atomic E-state index is 12.2. The second-order valence-electron chi connectivity index (χ2n) is 6.10. The number of thiophene rings is 1. The molecule has 5 heteroatoms. The summed E-state index contributed by atoms with van der Waals surface area (Å²) in [4.78, 5) is 16.8. The number of likely N-dealkylation sites (N-methyl/N-ethyl adjacent to an activating group) is 1. The lowest BCUT2D eigenvalue weighted by Gasteiger charge is -2.23. The van der Waals surface area contributed by atoms with Crippen molar-refractivity contribution in [1.29, 1.82) is 0 Å². The molecule has 0 fully saturated rings. The molecule has 25 heavy (non-hydrogen) atoms. The Morgan fingerprint density at radius 3 is 2.64 bits per heavy atom. The number of nitrogens with zero attached hydrogens (tertiary/aromatic N) is 1. The molecule has 1 amide bonds. The third-order valence-electron chi connectivity index (χ3n) is 4.08. The van der Waals surface area contributed by atoms with Gasteiger partial charge in [0.1, 0.15) is 0 Å². The number of hydrogen-bond acceptors (Lipinski definition) is 4. The van der Waals surface area contributed by atoms with Crippen LogP contribution in [-0.4, -0.2) is 37.2 Å². The number of thioether (sulfide) groups is 1. The van der Waals surface area contributed by atoms with Crippen LogP contribution in [0.15, 0.2) is 64.9 Å². The highest BCUT2D eigenvalue weighted by molar-refractivity contribution is 8.00. The zero-order valence-electron chi connectivity index (χ0n) is 14.4. The van der Waals surface area contributed by atoms with E-state index in [4.69, 9.17) is 0 Å². The summed E-state index contributed by atoms with van der Waals surface area (Å²) >= 11 is 3.30. The molecule has 0 aliphatic rings. The van der Waals surface area contributed by atoms with Crippen LogP contribution in [0.2, 0.25) is 0 Å². The predicted molar refractivity (Wildman–Crippen MR) is 108 cm³/mol. The highest BCUT2D eigenvalue weighted by Crippen LogP contribution is 2.24. The summed E-state index contributed by atoms with van der Waals surface area (Å²) in [5.74, 6) is 0.504.